The van der Waals surface area contributed by atoms with Gasteiger partial charge in [0.05, 0.1) is 7.11 Å². The summed E-state index contributed by atoms with van der Waals surface area (Å²) >= 11 is 0. The van der Waals surface area contributed by atoms with E-state index in [1.54, 1.807) is 42.4 Å². The lowest BCUT2D eigenvalue weighted by Crippen LogP contribution is -2.23. The molecule has 150 valence electrons. The van der Waals surface area contributed by atoms with E-state index in [4.69, 9.17) is 9.47 Å². The van der Waals surface area contributed by atoms with Gasteiger partial charge in [-0.25, -0.2) is 0 Å². The number of hydrogen-bond acceptors (Lipinski definition) is 4. The summed E-state index contributed by atoms with van der Waals surface area (Å²) in [7, 11) is 1.56. The summed E-state index contributed by atoms with van der Waals surface area (Å²) in [6, 6.07) is 12.7. The van der Waals surface area contributed by atoms with Crippen LogP contribution in [-0.4, -0.2) is 32.1 Å². The molecule has 1 N–H and O–H groups in total. The van der Waals surface area contributed by atoms with E-state index in [-0.39, 0.29) is 11.8 Å². The van der Waals surface area contributed by atoms with Crippen molar-refractivity contribution in [3.63, 3.8) is 0 Å². The summed E-state index contributed by atoms with van der Waals surface area (Å²) in [5, 5.41) is 2.83. The number of nitrogens with zero attached hydrogens (tertiary/aromatic N) is 1. The van der Waals surface area contributed by atoms with Gasteiger partial charge in [-0.2, -0.15) is 0 Å². The highest BCUT2D eigenvalue weighted by molar-refractivity contribution is 6.02. The molecule has 1 aliphatic heterocycles. The van der Waals surface area contributed by atoms with Gasteiger partial charge in [-0.1, -0.05) is 24.8 Å². The maximum absolute atomic E-state index is 12.3. The molecule has 1 heterocycles. The van der Waals surface area contributed by atoms with Crippen molar-refractivity contribution in [1.29, 1.82) is 0 Å². The Morgan fingerprint density at radius 1 is 1.24 bits per heavy atom. The highest BCUT2D eigenvalue weighted by Crippen LogP contribution is 2.28. The third-order valence-corrected chi connectivity index (χ3v) is 4.47. The van der Waals surface area contributed by atoms with Gasteiger partial charge >= 0.3 is 0 Å². The SMILES string of the molecule is C=CCOc1ccc(/C=C/C(=O)Nc2cccc(N3CCCC3=O)c2)cc1OC. The van der Waals surface area contributed by atoms with Crippen LogP contribution in [0.3, 0.4) is 0 Å². The molecule has 0 aliphatic carbocycles. The smallest absolute Gasteiger partial charge is 0.248 e. The molecule has 3 rings (SSSR count). The van der Waals surface area contributed by atoms with Gasteiger partial charge in [0.15, 0.2) is 11.5 Å². The second-order valence-corrected chi connectivity index (χ2v) is 6.53. The summed E-state index contributed by atoms with van der Waals surface area (Å²) in [6.07, 6.45) is 6.24. The fourth-order valence-electron chi connectivity index (χ4n) is 3.08. The van der Waals surface area contributed by atoms with Crippen LogP contribution in [-0.2, 0) is 9.59 Å². The van der Waals surface area contributed by atoms with E-state index in [1.807, 2.05) is 24.3 Å². The molecular weight excluding hydrogens is 368 g/mol. The second kappa shape index (κ2) is 9.59. The minimum absolute atomic E-state index is 0.114. The molecule has 0 spiro atoms. The van der Waals surface area contributed by atoms with Crippen LogP contribution in [0.4, 0.5) is 11.4 Å². The van der Waals surface area contributed by atoms with E-state index >= 15 is 0 Å². The minimum Gasteiger partial charge on any atom is -0.493 e. The molecule has 0 radical (unpaired) electrons. The van der Waals surface area contributed by atoms with Crippen molar-refractivity contribution in [1.82, 2.24) is 0 Å². The average molecular weight is 392 g/mol. The topological polar surface area (TPSA) is 67.9 Å². The van der Waals surface area contributed by atoms with Crippen LogP contribution in [0.5, 0.6) is 11.5 Å². The van der Waals surface area contributed by atoms with E-state index in [0.717, 1.165) is 17.7 Å². The third-order valence-electron chi connectivity index (χ3n) is 4.47. The zero-order valence-electron chi connectivity index (χ0n) is 16.4. The van der Waals surface area contributed by atoms with Crippen LogP contribution < -0.4 is 19.7 Å². The molecule has 2 aromatic rings. The van der Waals surface area contributed by atoms with Crippen molar-refractivity contribution in [2.45, 2.75) is 12.8 Å². The number of anilines is 2. The fraction of sp³-hybridized carbons (Fsp3) is 0.217. The Hall–Kier alpha value is -3.54. The predicted octanol–water partition coefficient (Wildman–Crippen LogP) is 4.04. The Labute approximate surface area is 170 Å². The number of rotatable bonds is 8. The minimum atomic E-state index is -0.263. The Balaban J connectivity index is 1.65. The number of methoxy groups -OCH3 is 1. The third kappa shape index (κ3) is 5.25. The highest BCUT2D eigenvalue weighted by Gasteiger charge is 2.21. The second-order valence-electron chi connectivity index (χ2n) is 6.53. The average Bonchev–Trinajstić information content (AvgIpc) is 3.17. The normalized spacial score (nSPS) is 13.6. The van der Waals surface area contributed by atoms with Gasteiger partial charge in [-0.3, -0.25) is 9.59 Å². The van der Waals surface area contributed by atoms with E-state index in [0.29, 0.717) is 36.8 Å². The first kappa shape index (κ1) is 20.2. The summed E-state index contributed by atoms with van der Waals surface area (Å²) < 4.78 is 10.9. The molecular formula is C23H24N2O4. The Morgan fingerprint density at radius 3 is 2.83 bits per heavy atom. The lowest BCUT2D eigenvalue weighted by molar-refractivity contribution is -0.117. The standard InChI is InChI=1S/C23H24N2O4/c1-3-14-29-20-11-9-17(15-21(20)28-2)10-12-22(26)24-18-6-4-7-19(16-18)25-13-5-8-23(25)27/h3-4,6-7,9-12,15-16H,1,5,8,13-14H2,2H3,(H,24,26)/b12-10+. The number of benzene rings is 2. The zero-order chi connectivity index (χ0) is 20.6. The van der Waals surface area contributed by atoms with Gasteiger partial charge in [0, 0.05) is 30.4 Å². The van der Waals surface area contributed by atoms with Crippen LogP contribution in [0, 0.1) is 0 Å². The number of carbonyl (C=O) groups excluding carboxylic acids is 2. The Morgan fingerprint density at radius 2 is 2.10 bits per heavy atom. The maximum Gasteiger partial charge on any atom is 0.248 e. The van der Waals surface area contributed by atoms with Gasteiger partial charge < -0.3 is 19.7 Å². The largest absolute Gasteiger partial charge is 0.493 e. The van der Waals surface area contributed by atoms with Gasteiger partial charge in [-0.15, -0.1) is 0 Å². The molecule has 1 saturated heterocycles. The van der Waals surface area contributed by atoms with Gasteiger partial charge in [-0.05, 0) is 48.4 Å². The number of ether oxygens (including phenoxy) is 2. The van der Waals surface area contributed by atoms with E-state index in [1.165, 1.54) is 6.08 Å². The highest BCUT2D eigenvalue weighted by atomic mass is 16.5. The molecule has 0 unspecified atom stereocenters. The predicted molar refractivity (Wildman–Crippen MR) is 114 cm³/mol. The van der Waals surface area contributed by atoms with Crippen LogP contribution in [0.15, 0.2) is 61.2 Å². The quantitative estimate of drug-likeness (QED) is 0.544. The molecule has 0 atom stereocenters. The van der Waals surface area contributed by atoms with Gasteiger partial charge in [0.25, 0.3) is 0 Å². The lowest BCUT2D eigenvalue weighted by atomic mass is 10.2. The molecule has 6 heteroatoms. The molecule has 0 saturated carbocycles. The molecule has 2 aromatic carbocycles. The van der Waals surface area contributed by atoms with Crippen molar-refractivity contribution < 1.29 is 19.1 Å². The summed E-state index contributed by atoms with van der Waals surface area (Å²) in [4.78, 5) is 25.9. The van der Waals surface area contributed by atoms with Crippen molar-refractivity contribution in [2.24, 2.45) is 0 Å². The molecule has 2 amide bonds. The number of nitrogens with one attached hydrogen (secondary N) is 1. The van der Waals surface area contributed by atoms with Gasteiger partial charge in [0.1, 0.15) is 6.61 Å². The first-order chi connectivity index (χ1) is 14.1. The first-order valence-corrected chi connectivity index (χ1v) is 9.42. The zero-order valence-corrected chi connectivity index (χ0v) is 16.4. The van der Waals surface area contributed by atoms with Gasteiger partial charge in [0.2, 0.25) is 11.8 Å². The van der Waals surface area contributed by atoms with Crippen molar-refractivity contribution in [3.05, 3.63) is 66.8 Å². The summed E-state index contributed by atoms with van der Waals surface area (Å²) in [5.74, 6) is 1.04. The maximum atomic E-state index is 12.3. The summed E-state index contributed by atoms with van der Waals surface area (Å²) in [5.41, 5.74) is 2.25. The number of hydrogen-bond donors (Lipinski definition) is 1. The molecule has 1 fully saturated rings. The lowest BCUT2D eigenvalue weighted by Gasteiger charge is -2.16. The van der Waals surface area contributed by atoms with Crippen LogP contribution in [0.2, 0.25) is 0 Å². The molecule has 1 aliphatic rings. The molecule has 0 bridgehead atoms. The number of carbonyl (C=O) groups is 2. The van der Waals surface area contributed by atoms with Crippen LogP contribution in [0.25, 0.3) is 6.08 Å². The van der Waals surface area contributed by atoms with E-state index < -0.39 is 0 Å². The Bertz CT molecular complexity index is 936. The first-order valence-electron chi connectivity index (χ1n) is 9.42. The molecule has 0 aromatic heterocycles. The molecule has 29 heavy (non-hydrogen) atoms. The summed E-state index contributed by atoms with van der Waals surface area (Å²) in [6.45, 7) is 4.72. The van der Waals surface area contributed by atoms with Crippen LogP contribution in [0.1, 0.15) is 18.4 Å². The van der Waals surface area contributed by atoms with Crippen molar-refractivity contribution in [2.75, 3.05) is 30.5 Å². The van der Waals surface area contributed by atoms with Crippen LogP contribution >= 0.6 is 0 Å². The van der Waals surface area contributed by atoms with Crippen molar-refractivity contribution in [3.8, 4) is 11.5 Å². The van der Waals surface area contributed by atoms with E-state index in [2.05, 4.69) is 11.9 Å². The Kier molecular flexibility index (Phi) is 6.68. The molecule has 6 nitrogen and oxygen atoms in total. The number of amides is 2. The fourth-order valence-corrected chi connectivity index (χ4v) is 3.08. The van der Waals surface area contributed by atoms with E-state index in [9.17, 15) is 9.59 Å². The van der Waals surface area contributed by atoms with Crippen molar-refractivity contribution >= 4 is 29.3 Å². The monoisotopic (exact) mass is 392 g/mol.